The van der Waals surface area contributed by atoms with Crippen LogP contribution in [0.3, 0.4) is 0 Å². The Morgan fingerprint density at radius 1 is 1.00 bits per heavy atom. The van der Waals surface area contributed by atoms with Crippen molar-refractivity contribution in [2.45, 2.75) is 51.4 Å². The van der Waals surface area contributed by atoms with Crippen molar-refractivity contribution in [2.24, 2.45) is 0 Å². The van der Waals surface area contributed by atoms with Crippen molar-refractivity contribution in [1.82, 2.24) is 5.48 Å². The Bertz CT molecular complexity index is 142. The van der Waals surface area contributed by atoms with Gasteiger partial charge in [0, 0.05) is 11.8 Å². The second-order valence-corrected chi connectivity index (χ2v) is 4.24. The molecule has 0 saturated heterocycles. The fourth-order valence-corrected chi connectivity index (χ4v) is 1.72. The van der Waals surface area contributed by atoms with Crippen LogP contribution in [-0.4, -0.2) is 16.4 Å². The van der Waals surface area contributed by atoms with Crippen molar-refractivity contribution >= 4 is 21.8 Å². The molecular formula is C10H20BrNO2. The van der Waals surface area contributed by atoms with Crippen molar-refractivity contribution in [2.75, 3.05) is 5.33 Å². The van der Waals surface area contributed by atoms with E-state index in [4.69, 9.17) is 5.21 Å². The summed E-state index contributed by atoms with van der Waals surface area (Å²) >= 11 is 3.40. The van der Waals surface area contributed by atoms with Crippen molar-refractivity contribution in [1.29, 1.82) is 0 Å². The number of halogens is 1. The van der Waals surface area contributed by atoms with E-state index in [1.165, 1.54) is 32.1 Å². The molecule has 0 radical (unpaired) electrons. The van der Waals surface area contributed by atoms with Gasteiger partial charge < -0.3 is 0 Å². The number of unbranched alkanes of at least 4 members (excludes halogenated alkanes) is 6. The molecule has 1 amide bonds. The molecule has 0 heterocycles. The standard InChI is InChI=1S/C10H20BrNO2/c11-9-7-5-3-1-2-4-6-8-10(13)12-14/h14H,1-9H2,(H,12,13). The van der Waals surface area contributed by atoms with Crippen LogP contribution in [0.4, 0.5) is 0 Å². The highest BCUT2D eigenvalue weighted by Gasteiger charge is 1.97. The minimum Gasteiger partial charge on any atom is -0.289 e. The third-order valence-electron chi connectivity index (χ3n) is 2.16. The molecule has 0 spiro atoms. The van der Waals surface area contributed by atoms with Gasteiger partial charge in [0.2, 0.25) is 5.91 Å². The van der Waals surface area contributed by atoms with Gasteiger partial charge >= 0.3 is 0 Å². The Morgan fingerprint density at radius 2 is 1.50 bits per heavy atom. The molecule has 0 aliphatic rings. The molecule has 0 aromatic rings. The van der Waals surface area contributed by atoms with Crippen LogP contribution in [0.1, 0.15) is 51.4 Å². The first-order chi connectivity index (χ1) is 6.81. The van der Waals surface area contributed by atoms with Gasteiger partial charge in [0.25, 0.3) is 0 Å². The summed E-state index contributed by atoms with van der Waals surface area (Å²) in [5, 5.41) is 9.33. The number of rotatable bonds is 9. The largest absolute Gasteiger partial charge is 0.289 e. The molecule has 0 saturated carbocycles. The van der Waals surface area contributed by atoms with Crippen LogP contribution in [0.25, 0.3) is 0 Å². The summed E-state index contributed by atoms with van der Waals surface area (Å²) in [6, 6.07) is 0. The molecule has 0 aromatic heterocycles. The number of hydroxylamine groups is 1. The lowest BCUT2D eigenvalue weighted by Crippen LogP contribution is -2.17. The Labute approximate surface area is 94.4 Å². The maximum atomic E-state index is 10.6. The van der Waals surface area contributed by atoms with E-state index in [2.05, 4.69) is 15.9 Å². The highest BCUT2D eigenvalue weighted by Crippen LogP contribution is 2.08. The molecule has 0 bridgehead atoms. The first kappa shape index (κ1) is 13.9. The van der Waals surface area contributed by atoms with Gasteiger partial charge in [-0.3, -0.25) is 10.0 Å². The highest BCUT2D eigenvalue weighted by atomic mass is 79.9. The van der Waals surface area contributed by atoms with Crippen molar-refractivity contribution in [3.8, 4) is 0 Å². The number of carbonyl (C=O) groups excluding carboxylic acids is 1. The highest BCUT2D eigenvalue weighted by molar-refractivity contribution is 9.09. The molecule has 3 nitrogen and oxygen atoms in total. The lowest BCUT2D eigenvalue weighted by molar-refractivity contribution is -0.129. The number of carbonyl (C=O) groups is 1. The van der Waals surface area contributed by atoms with E-state index in [-0.39, 0.29) is 5.91 Å². The zero-order valence-corrected chi connectivity index (χ0v) is 10.2. The molecule has 0 aromatic carbocycles. The van der Waals surface area contributed by atoms with Gasteiger partial charge in [-0.25, -0.2) is 5.48 Å². The van der Waals surface area contributed by atoms with Crippen molar-refractivity contribution in [3.05, 3.63) is 0 Å². The maximum Gasteiger partial charge on any atom is 0.243 e. The van der Waals surface area contributed by atoms with Gasteiger partial charge in [0.15, 0.2) is 0 Å². The third kappa shape index (κ3) is 9.99. The topological polar surface area (TPSA) is 49.3 Å². The zero-order valence-electron chi connectivity index (χ0n) is 8.60. The third-order valence-corrected chi connectivity index (χ3v) is 2.72. The Hall–Kier alpha value is -0.0900. The average Bonchev–Trinajstić information content (AvgIpc) is 2.21. The molecule has 14 heavy (non-hydrogen) atoms. The number of alkyl halides is 1. The van der Waals surface area contributed by atoms with Crippen LogP contribution in [-0.2, 0) is 4.79 Å². The van der Waals surface area contributed by atoms with Gasteiger partial charge in [0.1, 0.15) is 0 Å². The van der Waals surface area contributed by atoms with Gasteiger partial charge in [0.05, 0.1) is 0 Å². The average molecular weight is 266 g/mol. The van der Waals surface area contributed by atoms with Crippen LogP contribution in [0, 0.1) is 0 Å². The normalized spacial score (nSPS) is 10.1. The molecule has 84 valence electrons. The van der Waals surface area contributed by atoms with Gasteiger partial charge in [-0.15, -0.1) is 0 Å². The van der Waals surface area contributed by atoms with Crippen molar-refractivity contribution in [3.63, 3.8) is 0 Å². The molecule has 0 aliphatic carbocycles. The van der Waals surface area contributed by atoms with Gasteiger partial charge in [-0.2, -0.15) is 0 Å². The number of nitrogens with one attached hydrogen (secondary N) is 1. The van der Waals surface area contributed by atoms with Gasteiger partial charge in [-0.1, -0.05) is 48.0 Å². The summed E-state index contributed by atoms with van der Waals surface area (Å²) in [5.74, 6) is -0.274. The predicted molar refractivity (Wildman–Crippen MR) is 60.7 cm³/mol. The maximum absolute atomic E-state index is 10.6. The molecule has 2 N–H and O–H groups in total. The summed E-state index contributed by atoms with van der Waals surface area (Å²) in [4.78, 5) is 10.6. The number of amides is 1. The SMILES string of the molecule is O=C(CCCCCCCCCBr)NO. The Morgan fingerprint density at radius 3 is 2.00 bits per heavy atom. The summed E-state index contributed by atoms with van der Waals surface area (Å²) < 4.78 is 0. The number of hydrogen-bond donors (Lipinski definition) is 2. The molecule has 0 unspecified atom stereocenters. The molecular weight excluding hydrogens is 246 g/mol. The van der Waals surface area contributed by atoms with E-state index in [9.17, 15) is 4.79 Å². The molecule has 0 rings (SSSR count). The monoisotopic (exact) mass is 265 g/mol. The quantitative estimate of drug-likeness (QED) is 0.292. The lowest BCUT2D eigenvalue weighted by atomic mass is 10.1. The smallest absolute Gasteiger partial charge is 0.243 e. The van der Waals surface area contributed by atoms with E-state index in [0.29, 0.717) is 6.42 Å². The second kappa shape index (κ2) is 11.0. The summed E-state index contributed by atoms with van der Waals surface area (Å²) in [6.07, 6.45) is 8.70. The number of hydrogen-bond acceptors (Lipinski definition) is 2. The van der Waals surface area contributed by atoms with Gasteiger partial charge in [-0.05, 0) is 12.8 Å². The molecule has 0 aliphatic heterocycles. The fourth-order valence-electron chi connectivity index (χ4n) is 1.32. The van der Waals surface area contributed by atoms with E-state index in [1.807, 2.05) is 0 Å². The van der Waals surface area contributed by atoms with Crippen LogP contribution >= 0.6 is 15.9 Å². The van der Waals surface area contributed by atoms with E-state index in [1.54, 1.807) is 5.48 Å². The Kier molecular flexibility index (Phi) is 10.9. The summed E-state index contributed by atoms with van der Waals surface area (Å²) in [7, 11) is 0. The molecule has 0 atom stereocenters. The first-order valence-corrected chi connectivity index (χ1v) is 6.42. The Balaban J connectivity index is 2.95. The van der Waals surface area contributed by atoms with Crippen LogP contribution < -0.4 is 5.48 Å². The minimum absolute atomic E-state index is 0.274. The van der Waals surface area contributed by atoms with E-state index < -0.39 is 0 Å². The fraction of sp³-hybridized carbons (Fsp3) is 0.900. The second-order valence-electron chi connectivity index (χ2n) is 3.45. The van der Waals surface area contributed by atoms with E-state index in [0.717, 1.165) is 18.2 Å². The molecule has 0 fully saturated rings. The van der Waals surface area contributed by atoms with Crippen LogP contribution in [0.5, 0.6) is 0 Å². The van der Waals surface area contributed by atoms with Crippen LogP contribution in [0.2, 0.25) is 0 Å². The van der Waals surface area contributed by atoms with E-state index >= 15 is 0 Å². The van der Waals surface area contributed by atoms with Crippen molar-refractivity contribution < 1.29 is 10.0 Å². The zero-order chi connectivity index (χ0) is 10.6. The summed E-state index contributed by atoms with van der Waals surface area (Å²) in [5.41, 5.74) is 1.64. The lowest BCUT2D eigenvalue weighted by Gasteiger charge is -2.00. The predicted octanol–water partition coefficient (Wildman–Crippen LogP) is 3.01. The molecule has 4 heteroatoms. The van der Waals surface area contributed by atoms with Crippen LogP contribution in [0.15, 0.2) is 0 Å². The minimum atomic E-state index is -0.274. The first-order valence-electron chi connectivity index (χ1n) is 5.30. The summed E-state index contributed by atoms with van der Waals surface area (Å²) in [6.45, 7) is 0.